The van der Waals surface area contributed by atoms with Crippen molar-refractivity contribution in [2.24, 2.45) is 0 Å². The van der Waals surface area contributed by atoms with E-state index in [0.29, 0.717) is 4.47 Å². The van der Waals surface area contributed by atoms with Gasteiger partial charge in [-0.25, -0.2) is 8.42 Å². The highest BCUT2D eigenvalue weighted by Crippen LogP contribution is 2.32. The molecule has 0 aliphatic carbocycles. The zero-order valence-corrected chi connectivity index (χ0v) is 16.1. The van der Waals surface area contributed by atoms with Gasteiger partial charge in [0.05, 0.1) is 32.9 Å². The Morgan fingerprint density at radius 3 is 2.56 bits per heavy atom. The molecule has 142 valence electrons. The van der Waals surface area contributed by atoms with Gasteiger partial charge in [0.2, 0.25) is 5.43 Å². The van der Waals surface area contributed by atoms with Gasteiger partial charge >= 0.3 is 6.18 Å². The Labute approximate surface area is 159 Å². The summed E-state index contributed by atoms with van der Waals surface area (Å²) in [7, 11) is -3.72. The summed E-state index contributed by atoms with van der Waals surface area (Å²) in [5.41, 5.74) is -2.15. The second-order valence-corrected chi connectivity index (χ2v) is 8.75. The third-order valence-corrected chi connectivity index (χ3v) is 6.07. The molecule has 0 atom stereocenters. The van der Waals surface area contributed by atoms with Gasteiger partial charge in [-0.2, -0.15) is 13.2 Å². The van der Waals surface area contributed by atoms with Gasteiger partial charge < -0.3 is 4.42 Å². The van der Waals surface area contributed by atoms with E-state index in [1.165, 1.54) is 19.2 Å². The average molecular weight is 462 g/mol. The topological polar surface area (TPSA) is 77.2 Å². The van der Waals surface area contributed by atoms with Crippen molar-refractivity contribution < 1.29 is 26.0 Å². The molecule has 2 aromatic heterocycles. The second kappa shape index (κ2) is 6.75. The molecule has 3 aromatic rings. The maximum Gasteiger partial charge on any atom is 0.416 e. The fraction of sp³-hybridized carbons (Fsp3) is 0.176. The van der Waals surface area contributed by atoms with Crippen LogP contribution < -0.4 is 5.43 Å². The van der Waals surface area contributed by atoms with Gasteiger partial charge in [-0.3, -0.25) is 9.78 Å². The molecule has 27 heavy (non-hydrogen) atoms. The Bertz CT molecular complexity index is 1200. The quantitative estimate of drug-likeness (QED) is 0.576. The maximum absolute atomic E-state index is 12.8. The molecule has 0 N–H and O–H groups in total. The van der Waals surface area contributed by atoms with Crippen LogP contribution in [0, 0.1) is 0 Å². The predicted octanol–water partition coefficient (Wildman–Crippen LogP) is 4.43. The molecule has 1 aromatic carbocycles. The van der Waals surface area contributed by atoms with E-state index in [2.05, 4.69) is 20.9 Å². The molecule has 3 rings (SSSR count). The highest BCUT2D eigenvalue weighted by atomic mass is 79.9. The molecule has 0 bridgehead atoms. The fourth-order valence-corrected chi connectivity index (χ4v) is 4.04. The summed E-state index contributed by atoms with van der Waals surface area (Å²) in [6.07, 6.45) is -2.34. The zero-order valence-electron chi connectivity index (χ0n) is 13.7. The third-order valence-electron chi connectivity index (χ3n) is 3.89. The number of nitrogens with zero attached hydrogens (tertiary/aromatic N) is 1. The van der Waals surface area contributed by atoms with Crippen molar-refractivity contribution in [1.82, 2.24) is 4.98 Å². The number of benzene rings is 1. The lowest BCUT2D eigenvalue weighted by Gasteiger charge is -2.10. The molecule has 0 saturated carbocycles. The first-order valence-electron chi connectivity index (χ1n) is 7.56. The molecule has 0 saturated heterocycles. The number of aromatic nitrogens is 1. The number of pyridine rings is 1. The summed E-state index contributed by atoms with van der Waals surface area (Å²) in [6.45, 7) is 1.45. The van der Waals surface area contributed by atoms with Gasteiger partial charge in [-0.15, -0.1) is 0 Å². The highest BCUT2D eigenvalue weighted by molar-refractivity contribution is 9.10. The van der Waals surface area contributed by atoms with Crippen LogP contribution in [0.4, 0.5) is 13.2 Å². The van der Waals surface area contributed by atoms with E-state index in [4.69, 9.17) is 4.42 Å². The number of fused-ring (bicyclic) bond motifs is 1. The first kappa shape index (κ1) is 19.6. The van der Waals surface area contributed by atoms with Crippen molar-refractivity contribution >= 4 is 36.7 Å². The molecule has 0 radical (unpaired) electrons. The standard InChI is InChI=1S/C17H11BrF3NO4S/c1-2-27(24,25)14-6-10(18)7-22-15(14)12-8-26-13-5-9(17(19,20)21)3-4-11(13)16(12)23/h3-8H,2H2,1H3. The van der Waals surface area contributed by atoms with Crippen LogP contribution in [0.1, 0.15) is 12.5 Å². The number of alkyl halides is 3. The van der Waals surface area contributed by atoms with Gasteiger partial charge in [0.1, 0.15) is 11.8 Å². The molecule has 0 unspecified atom stereocenters. The van der Waals surface area contributed by atoms with Crippen LogP contribution in [-0.4, -0.2) is 19.2 Å². The summed E-state index contributed by atoms with van der Waals surface area (Å²) >= 11 is 3.14. The number of sulfone groups is 1. The number of hydrogen-bond acceptors (Lipinski definition) is 5. The van der Waals surface area contributed by atoms with Crippen LogP contribution in [-0.2, 0) is 16.0 Å². The summed E-state index contributed by atoms with van der Waals surface area (Å²) in [5.74, 6) is -0.216. The Hall–Kier alpha value is -2.20. The second-order valence-electron chi connectivity index (χ2n) is 5.59. The van der Waals surface area contributed by atoms with Crippen LogP contribution in [0.5, 0.6) is 0 Å². The van der Waals surface area contributed by atoms with E-state index >= 15 is 0 Å². The van der Waals surface area contributed by atoms with E-state index < -0.39 is 27.0 Å². The largest absolute Gasteiger partial charge is 0.463 e. The van der Waals surface area contributed by atoms with E-state index in [1.807, 2.05) is 0 Å². The zero-order chi connectivity index (χ0) is 20.0. The van der Waals surface area contributed by atoms with Crippen molar-refractivity contribution in [2.45, 2.75) is 18.0 Å². The lowest BCUT2D eigenvalue weighted by atomic mass is 10.1. The normalized spacial score (nSPS) is 12.5. The summed E-state index contributed by atoms with van der Waals surface area (Å²) in [5, 5.41) is -0.106. The van der Waals surface area contributed by atoms with Crippen LogP contribution in [0.15, 0.2) is 55.3 Å². The van der Waals surface area contributed by atoms with Crippen LogP contribution in [0.3, 0.4) is 0 Å². The van der Waals surface area contributed by atoms with Gasteiger partial charge in [0.25, 0.3) is 0 Å². The fourth-order valence-electron chi connectivity index (χ4n) is 2.48. The molecule has 0 aliphatic rings. The minimum Gasteiger partial charge on any atom is -0.463 e. The van der Waals surface area contributed by atoms with Crippen molar-refractivity contribution in [1.29, 1.82) is 0 Å². The SMILES string of the molecule is CCS(=O)(=O)c1cc(Br)cnc1-c1coc2cc(C(F)(F)F)ccc2c1=O. The third kappa shape index (κ3) is 3.63. The Balaban J connectivity index is 2.29. The number of halogens is 4. The molecular formula is C17H11BrF3NO4S. The monoisotopic (exact) mass is 461 g/mol. The van der Waals surface area contributed by atoms with Crippen LogP contribution in [0.25, 0.3) is 22.2 Å². The van der Waals surface area contributed by atoms with Crippen LogP contribution >= 0.6 is 15.9 Å². The molecule has 2 heterocycles. The Morgan fingerprint density at radius 2 is 1.93 bits per heavy atom. The van der Waals surface area contributed by atoms with Gasteiger partial charge in [0, 0.05) is 10.7 Å². The molecule has 0 fully saturated rings. The summed E-state index contributed by atoms with van der Waals surface area (Å²) < 4.78 is 68.8. The highest BCUT2D eigenvalue weighted by Gasteiger charge is 2.31. The summed E-state index contributed by atoms with van der Waals surface area (Å²) in [6, 6.07) is 3.80. The van der Waals surface area contributed by atoms with Gasteiger partial charge in [0.15, 0.2) is 9.84 Å². The van der Waals surface area contributed by atoms with Crippen molar-refractivity contribution in [2.75, 3.05) is 5.75 Å². The lowest BCUT2D eigenvalue weighted by molar-refractivity contribution is -0.137. The summed E-state index contributed by atoms with van der Waals surface area (Å²) in [4.78, 5) is 16.6. The molecule has 0 spiro atoms. The van der Waals surface area contributed by atoms with Crippen LogP contribution in [0.2, 0.25) is 0 Å². The van der Waals surface area contributed by atoms with Gasteiger partial charge in [-0.05, 0) is 40.2 Å². The number of hydrogen-bond donors (Lipinski definition) is 0. The molecule has 5 nitrogen and oxygen atoms in total. The molecule has 0 amide bonds. The maximum atomic E-state index is 12.8. The minimum absolute atomic E-state index is 0.106. The molecular weight excluding hydrogens is 451 g/mol. The molecule has 10 heteroatoms. The van der Waals surface area contributed by atoms with Crippen molar-refractivity contribution in [3.8, 4) is 11.3 Å². The van der Waals surface area contributed by atoms with E-state index in [9.17, 15) is 26.4 Å². The molecule has 0 aliphatic heterocycles. The first-order valence-corrected chi connectivity index (χ1v) is 10.0. The first-order chi connectivity index (χ1) is 12.5. The Morgan fingerprint density at radius 1 is 1.22 bits per heavy atom. The lowest BCUT2D eigenvalue weighted by Crippen LogP contribution is -2.12. The predicted molar refractivity (Wildman–Crippen MR) is 96.1 cm³/mol. The van der Waals surface area contributed by atoms with Crippen molar-refractivity contribution in [3.63, 3.8) is 0 Å². The van der Waals surface area contributed by atoms with Gasteiger partial charge in [-0.1, -0.05) is 6.92 Å². The average Bonchev–Trinajstić information content (AvgIpc) is 2.61. The van der Waals surface area contributed by atoms with E-state index in [-0.39, 0.29) is 32.9 Å². The van der Waals surface area contributed by atoms with E-state index in [1.54, 1.807) is 0 Å². The smallest absolute Gasteiger partial charge is 0.416 e. The minimum atomic E-state index is -4.58. The van der Waals surface area contributed by atoms with E-state index in [0.717, 1.165) is 24.5 Å². The number of rotatable bonds is 3. The Kier molecular flexibility index (Phi) is 4.89. The van der Waals surface area contributed by atoms with Crippen molar-refractivity contribution in [3.05, 3.63) is 57.0 Å².